The second-order valence-corrected chi connectivity index (χ2v) is 8.56. The molecular weight excluding hydrogens is 358 g/mol. The molecule has 0 aliphatic rings. The van der Waals surface area contributed by atoms with Gasteiger partial charge in [0.1, 0.15) is 0 Å². The van der Waals surface area contributed by atoms with E-state index in [0.29, 0.717) is 13.0 Å². The smallest absolute Gasteiger partial charge is 0.311 e. The van der Waals surface area contributed by atoms with E-state index >= 15 is 0 Å². The first-order chi connectivity index (χ1) is 14.2. The largest absolute Gasteiger partial charge is 0.466 e. The van der Waals surface area contributed by atoms with Gasteiger partial charge in [-0.3, -0.25) is 4.79 Å². The van der Waals surface area contributed by atoms with Gasteiger partial charge in [-0.15, -0.1) is 0 Å². The van der Waals surface area contributed by atoms with Crippen molar-refractivity contribution in [3.8, 4) is 0 Å². The minimum atomic E-state index is 0.0000507. The van der Waals surface area contributed by atoms with Crippen LogP contribution >= 0.6 is 0 Å². The number of ether oxygens (including phenoxy) is 1. The number of aryl methyl sites for hydroxylation is 1. The molecule has 1 rings (SSSR count). The van der Waals surface area contributed by atoms with Crippen molar-refractivity contribution in [2.24, 2.45) is 0 Å². The van der Waals surface area contributed by atoms with Crippen LogP contribution in [0.15, 0.2) is 30.3 Å². The van der Waals surface area contributed by atoms with Crippen LogP contribution in [0.3, 0.4) is 0 Å². The van der Waals surface area contributed by atoms with Crippen LogP contribution in [0.25, 0.3) is 0 Å². The lowest BCUT2D eigenvalue weighted by Crippen LogP contribution is -2.51. The summed E-state index contributed by atoms with van der Waals surface area (Å²) in [7, 11) is 0. The number of esters is 1. The summed E-state index contributed by atoms with van der Waals surface area (Å²) in [5.74, 6) is 0.0000507. The Morgan fingerprint density at radius 3 is 1.90 bits per heavy atom. The Labute approximate surface area is 180 Å². The van der Waals surface area contributed by atoms with Gasteiger partial charge in [-0.2, -0.15) is 0 Å². The average molecular weight is 405 g/mol. The second kappa shape index (κ2) is 16.4. The van der Waals surface area contributed by atoms with Crippen molar-refractivity contribution >= 4 is 5.97 Å². The molecule has 0 aliphatic carbocycles. The van der Waals surface area contributed by atoms with Crippen LogP contribution in [-0.2, 0) is 16.0 Å². The number of hydrogen-bond donors (Lipinski definition) is 0. The zero-order chi connectivity index (χ0) is 21.2. The number of carbonyl (C=O) groups excluding carboxylic acids is 1. The van der Waals surface area contributed by atoms with E-state index in [-0.39, 0.29) is 5.97 Å². The summed E-state index contributed by atoms with van der Waals surface area (Å²) < 4.78 is 6.67. The summed E-state index contributed by atoms with van der Waals surface area (Å²) in [5, 5.41) is 0. The van der Waals surface area contributed by atoms with Crippen molar-refractivity contribution in [3.63, 3.8) is 0 Å². The van der Waals surface area contributed by atoms with Crippen LogP contribution in [-0.4, -0.2) is 43.2 Å². The highest BCUT2D eigenvalue weighted by molar-refractivity contribution is 5.69. The van der Waals surface area contributed by atoms with Crippen molar-refractivity contribution in [1.82, 2.24) is 0 Å². The lowest BCUT2D eigenvalue weighted by Gasteiger charge is -2.39. The Morgan fingerprint density at radius 2 is 1.34 bits per heavy atom. The second-order valence-electron chi connectivity index (χ2n) is 8.56. The molecule has 0 N–H and O–H groups in total. The van der Waals surface area contributed by atoms with Crippen LogP contribution in [0, 0.1) is 0 Å². The number of rotatable bonds is 18. The molecule has 0 spiro atoms. The monoisotopic (exact) mass is 404 g/mol. The molecule has 0 amide bonds. The summed E-state index contributed by atoms with van der Waals surface area (Å²) in [6, 6.07) is 10.6. The molecule has 0 unspecified atom stereocenters. The third kappa shape index (κ3) is 12.1. The van der Waals surface area contributed by atoms with Gasteiger partial charge in [0.15, 0.2) is 0 Å². The van der Waals surface area contributed by atoms with Crippen LogP contribution in [0.1, 0.15) is 90.5 Å². The van der Waals surface area contributed by atoms with Gasteiger partial charge in [-0.05, 0) is 50.5 Å². The van der Waals surface area contributed by atoms with Crippen LogP contribution < -0.4 is 0 Å². The van der Waals surface area contributed by atoms with Gasteiger partial charge in [0, 0.05) is 0 Å². The number of hydrogen-bond acceptors (Lipinski definition) is 2. The molecule has 0 radical (unpaired) electrons. The fourth-order valence-electron chi connectivity index (χ4n) is 3.99. The zero-order valence-corrected chi connectivity index (χ0v) is 19.5. The molecule has 0 bridgehead atoms. The van der Waals surface area contributed by atoms with E-state index in [9.17, 15) is 4.79 Å². The molecule has 0 saturated carbocycles. The van der Waals surface area contributed by atoms with Crippen LogP contribution in [0.4, 0.5) is 0 Å². The van der Waals surface area contributed by atoms with E-state index in [0.717, 1.165) is 36.7 Å². The van der Waals surface area contributed by atoms with Gasteiger partial charge in [-0.25, -0.2) is 0 Å². The molecule has 29 heavy (non-hydrogen) atoms. The van der Waals surface area contributed by atoms with E-state index in [2.05, 4.69) is 51.1 Å². The molecule has 0 fully saturated rings. The number of benzene rings is 1. The Bertz CT molecular complexity index is 493. The van der Waals surface area contributed by atoms with E-state index in [4.69, 9.17) is 4.74 Å². The Morgan fingerprint density at radius 1 is 0.759 bits per heavy atom. The Kier molecular flexibility index (Phi) is 14.6. The number of carbonyl (C=O) groups is 1. The summed E-state index contributed by atoms with van der Waals surface area (Å²) >= 11 is 0. The maximum Gasteiger partial charge on any atom is 0.311 e. The van der Waals surface area contributed by atoms with Crippen molar-refractivity contribution in [2.75, 3.05) is 32.8 Å². The molecule has 166 valence electrons. The van der Waals surface area contributed by atoms with Crippen molar-refractivity contribution in [2.45, 2.75) is 91.4 Å². The van der Waals surface area contributed by atoms with Crippen molar-refractivity contribution in [3.05, 3.63) is 35.9 Å². The van der Waals surface area contributed by atoms with E-state index in [1.54, 1.807) is 0 Å². The van der Waals surface area contributed by atoms with Gasteiger partial charge in [0.05, 0.1) is 39.2 Å². The van der Waals surface area contributed by atoms with Gasteiger partial charge < -0.3 is 9.22 Å². The minimum absolute atomic E-state index is 0.0000507. The first-order valence-corrected chi connectivity index (χ1v) is 12.2. The number of unbranched alkanes of at least 4 members (excludes halogenated alkanes) is 5. The molecular formula is C26H46NO2+. The van der Waals surface area contributed by atoms with Gasteiger partial charge in [-0.1, -0.05) is 70.4 Å². The van der Waals surface area contributed by atoms with Gasteiger partial charge >= 0.3 is 5.97 Å². The molecule has 0 atom stereocenters. The zero-order valence-electron chi connectivity index (χ0n) is 19.5. The maximum absolute atomic E-state index is 12.3. The van der Waals surface area contributed by atoms with E-state index in [1.165, 1.54) is 63.7 Å². The van der Waals surface area contributed by atoms with Gasteiger partial charge in [0.25, 0.3) is 0 Å². The van der Waals surface area contributed by atoms with Crippen LogP contribution in [0.5, 0.6) is 0 Å². The third-order valence-corrected chi connectivity index (χ3v) is 5.96. The SMILES string of the molecule is CCCC[N+](CCCC)(CCCC)CCC(=O)OCCCCCc1ccccc1. The van der Waals surface area contributed by atoms with Crippen molar-refractivity contribution < 1.29 is 14.0 Å². The predicted molar refractivity (Wildman–Crippen MR) is 124 cm³/mol. The topological polar surface area (TPSA) is 26.3 Å². The van der Waals surface area contributed by atoms with Crippen LogP contribution in [0.2, 0.25) is 0 Å². The average Bonchev–Trinajstić information content (AvgIpc) is 2.76. The lowest BCUT2D eigenvalue weighted by molar-refractivity contribution is -0.928. The summed E-state index contributed by atoms with van der Waals surface area (Å²) in [6.45, 7) is 12.0. The normalized spacial score (nSPS) is 11.6. The molecule has 0 heterocycles. The van der Waals surface area contributed by atoms with E-state index in [1.807, 2.05) is 0 Å². The Hall–Kier alpha value is -1.35. The minimum Gasteiger partial charge on any atom is -0.466 e. The third-order valence-electron chi connectivity index (χ3n) is 5.96. The van der Waals surface area contributed by atoms with Gasteiger partial charge in [0.2, 0.25) is 0 Å². The number of nitrogens with zero attached hydrogens (tertiary/aromatic N) is 1. The maximum atomic E-state index is 12.3. The first-order valence-electron chi connectivity index (χ1n) is 12.2. The summed E-state index contributed by atoms with van der Waals surface area (Å²) in [4.78, 5) is 12.3. The molecule has 3 heteroatoms. The highest BCUT2D eigenvalue weighted by Crippen LogP contribution is 2.16. The van der Waals surface area contributed by atoms with Crippen molar-refractivity contribution in [1.29, 1.82) is 0 Å². The summed E-state index contributed by atoms with van der Waals surface area (Å²) in [5.41, 5.74) is 1.39. The molecule has 0 aliphatic heterocycles. The summed E-state index contributed by atoms with van der Waals surface area (Å²) in [6.07, 6.45) is 12.4. The molecule has 1 aromatic rings. The Balaban J connectivity index is 2.30. The molecule has 0 aromatic heterocycles. The molecule has 3 nitrogen and oxygen atoms in total. The fraction of sp³-hybridized carbons (Fsp3) is 0.731. The molecule has 0 saturated heterocycles. The standard InChI is InChI=1S/C26H46NO2/c1-4-7-20-27(21-8-5-2,22-9-6-3)23-19-26(28)29-24-15-11-14-18-25-16-12-10-13-17-25/h10,12-13,16-17H,4-9,11,14-15,18-24H2,1-3H3/q+1. The lowest BCUT2D eigenvalue weighted by atomic mass is 10.1. The highest BCUT2D eigenvalue weighted by Gasteiger charge is 2.26. The first kappa shape index (κ1) is 25.7. The quantitative estimate of drug-likeness (QED) is 0.157. The predicted octanol–water partition coefficient (Wildman–Crippen LogP) is 6.55. The fourth-order valence-corrected chi connectivity index (χ4v) is 3.99. The van der Waals surface area contributed by atoms with E-state index < -0.39 is 0 Å². The molecule has 1 aromatic carbocycles. The highest BCUT2D eigenvalue weighted by atomic mass is 16.5. The number of quaternary nitrogens is 1.